The van der Waals surface area contributed by atoms with Gasteiger partial charge in [0.05, 0.1) is 21.1 Å². The zero-order valence-corrected chi connectivity index (χ0v) is 12.7. The number of halogens is 2. The molecule has 4 rings (SSSR count). The highest BCUT2D eigenvalue weighted by Crippen LogP contribution is 2.57. The first-order valence-electron chi connectivity index (χ1n) is 7.02. The highest BCUT2D eigenvalue weighted by atomic mass is 35.5. The molecule has 2 aliphatic carbocycles. The van der Waals surface area contributed by atoms with Gasteiger partial charge in [0.15, 0.2) is 0 Å². The molecule has 3 atom stereocenters. The number of fused-ring (bicyclic) bond motifs is 3. The molecule has 0 N–H and O–H groups in total. The minimum atomic E-state index is -0.525. The summed E-state index contributed by atoms with van der Waals surface area (Å²) in [6.07, 6.45) is 6.37. The van der Waals surface area contributed by atoms with Crippen molar-refractivity contribution in [2.75, 3.05) is 4.90 Å². The molecule has 5 heteroatoms. The van der Waals surface area contributed by atoms with Crippen molar-refractivity contribution in [3.63, 3.8) is 0 Å². The van der Waals surface area contributed by atoms with Crippen LogP contribution in [0.5, 0.6) is 0 Å². The van der Waals surface area contributed by atoms with Gasteiger partial charge in [0.25, 0.3) is 0 Å². The number of rotatable bonds is 1. The van der Waals surface area contributed by atoms with Crippen LogP contribution < -0.4 is 4.90 Å². The molecule has 2 fully saturated rings. The Bertz CT molecular complexity index is 700. The zero-order chi connectivity index (χ0) is 14.8. The van der Waals surface area contributed by atoms with Gasteiger partial charge in [0.2, 0.25) is 11.8 Å². The third-order valence-electron chi connectivity index (χ3n) is 5.01. The van der Waals surface area contributed by atoms with E-state index >= 15 is 0 Å². The second-order valence-electron chi connectivity index (χ2n) is 6.16. The van der Waals surface area contributed by atoms with Gasteiger partial charge < -0.3 is 0 Å². The van der Waals surface area contributed by atoms with Crippen molar-refractivity contribution in [3.8, 4) is 0 Å². The van der Waals surface area contributed by atoms with Gasteiger partial charge in [-0.3, -0.25) is 9.59 Å². The van der Waals surface area contributed by atoms with Crippen LogP contribution in [0.25, 0.3) is 0 Å². The van der Waals surface area contributed by atoms with Crippen LogP contribution in [0, 0.1) is 17.3 Å². The molecule has 1 aliphatic heterocycles. The number of amides is 2. The molecule has 1 heterocycles. The smallest absolute Gasteiger partial charge is 0.241 e. The van der Waals surface area contributed by atoms with Gasteiger partial charge in [-0.25, -0.2) is 4.90 Å². The van der Waals surface area contributed by atoms with E-state index in [0.717, 1.165) is 12.8 Å². The Labute approximate surface area is 132 Å². The normalized spacial score (nSPS) is 33.7. The lowest BCUT2D eigenvalue weighted by molar-refractivity contribution is -0.126. The fourth-order valence-corrected chi connectivity index (χ4v) is 4.34. The number of hydrogen-bond donors (Lipinski definition) is 0. The van der Waals surface area contributed by atoms with Crippen molar-refractivity contribution in [2.45, 2.75) is 19.3 Å². The van der Waals surface area contributed by atoms with Crippen molar-refractivity contribution >= 4 is 40.7 Å². The first-order chi connectivity index (χ1) is 10.0. The van der Waals surface area contributed by atoms with Crippen LogP contribution >= 0.6 is 23.2 Å². The van der Waals surface area contributed by atoms with Crippen LogP contribution in [0.15, 0.2) is 30.4 Å². The van der Waals surface area contributed by atoms with Crippen LogP contribution in [-0.2, 0) is 9.59 Å². The molecular weight excluding hydrogens is 309 g/mol. The number of carbonyl (C=O) groups excluding carboxylic acids is 2. The number of allylic oxidation sites excluding steroid dienone is 2. The molecule has 1 saturated carbocycles. The minimum absolute atomic E-state index is 0.0808. The molecule has 1 aromatic rings. The summed E-state index contributed by atoms with van der Waals surface area (Å²) >= 11 is 11.9. The molecule has 0 aromatic heterocycles. The van der Waals surface area contributed by atoms with Gasteiger partial charge in [-0.15, -0.1) is 0 Å². The Morgan fingerprint density at radius 2 is 1.95 bits per heavy atom. The van der Waals surface area contributed by atoms with E-state index in [1.807, 2.05) is 0 Å². The summed E-state index contributed by atoms with van der Waals surface area (Å²) in [6, 6.07) is 4.87. The van der Waals surface area contributed by atoms with Gasteiger partial charge in [0, 0.05) is 6.42 Å². The van der Waals surface area contributed by atoms with Crippen molar-refractivity contribution in [2.24, 2.45) is 17.3 Å². The molecule has 3 aliphatic rings. The van der Waals surface area contributed by atoms with Gasteiger partial charge in [-0.1, -0.05) is 35.4 Å². The highest BCUT2D eigenvalue weighted by molar-refractivity contribution is 6.42. The first kappa shape index (κ1) is 13.4. The number of anilines is 1. The van der Waals surface area contributed by atoms with Crippen molar-refractivity contribution in [1.29, 1.82) is 0 Å². The number of nitrogens with zero attached hydrogens (tertiary/aromatic N) is 1. The predicted molar refractivity (Wildman–Crippen MR) is 81.4 cm³/mol. The maximum Gasteiger partial charge on any atom is 0.241 e. The summed E-state index contributed by atoms with van der Waals surface area (Å²) in [5, 5.41) is 0.764. The molecule has 21 heavy (non-hydrogen) atoms. The lowest BCUT2D eigenvalue weighted by atomic mass is 9.74. The topological polar surface area (TPSA) is 37.4 Å². The average Bonchev–Trinajstić information content (AvgIpc) is 3.09. The number of benzene rings is 1. The van der Waals surface area contributed by atoms with Crippen LogP contribution in [0.3, 0.4) is 0 Å². The van der Waals surface area contributed by atoms with E-state index in [1.165, 1.54) is 4.90 Å². The summed E-state index contributed by atoms with van der Waals surface area (Å²) < 4.78 is 0. The van der Waals surface area contributed by atoms with Crippen LogP contribution in [0.4, 0.5) is 5.69 Å². The first-order valence-corrected chi connectivity index (χ1v) is 7.78. The van der Waals surface area contributed by atoms with Gasteiger partial charge in [-0.2, -0.15) is 0 Å². The molecular formula is C16H13Cl2NO2. The molecule has 1 saturated heterocycles. The fraction of sp³-hybridized carbons (Fsp3) is 0.375. The molecule has 1 aromatic carbocycles. The number of carbonyl (C=O) groups is 2. The van der Waals surface area contributed by atoms with Crippen molar-refractivity contribution in [3.05, 3.63) is 40.4 Å². The van der Waals surface area contributed by atoms with E-state index < -0.39 is 5.41 Å². The summed E-state index contributed by atoms with van der Waals surface area (Å²) in [7, 11) is 0. The average molecular weight is 322 g/mol. The van der Waals surface area contributed by atoms with E-state index in [1.54, 1.807) is 18.2 Å². The Hall–Kier alpha value is -1.32. The molecule has 2 amide bonds. The molecule has 1 spiro atoms. The maximum atomic E-state index is 12.9. The SMILES string of the molecule is O=C1C[C@@]2(C[C@@H]3C=C[C@H]2C3)C(=O)N1c1ccc(Cl)c(Cl)c1. The second kappa shape index (κ2) is 4.34. The van der Waals surface area contributed by atoms with Crippen LogP contribution in [-0.4, -0.2) is 11.8 Å². The Balaban J connectivity index is 1.74. The highest BCUT2D eigenvalue weighted by Gasteiger charge is 2.60. The van der Waals surface area contributed by atoms with Crippen LogP contribution in [0.2, 0.25) is 10.0 Å². The van der Waals surface area contributed by atoms with Gasteiger partial charge in [0.1, 0.15) is 0 Å². The molecule has 108 valence electrons. The summed E-state index contributed by atoms with van der Waals surface area (Å²) in [6.45, 7) is 0. The largest absolute Gasteiger partial charge is 0.274 e. The summed E-state index contributed by atoms with van der Waals surface area (Å²) in [4.78, 5) is 26.6. The van der Waals surface area contributed by atoms with Gasteiger partial charge in [-0.05, 0) is 42.9 Å². The van der Waals surface area contributed by atoms with Crippen molar-refractivity contribution in [1.82, 2.24) is 0 Å². The number of hydrogen-bond acceptors (Lipinski definition) is 2. The maximum absolute atomic E-state index is 12.9. The molecule has 3 nitrogen and oxygen atoms in total. The summed E-state index contributed by atoms with van der Waals surface area (Å²) in [5.41, 5.74) is -0.00849. The third kappa shape index (κ3) is 1.74. The summed E-state index contributed by atoms with van der Waals surface area (Å²) in [5.74, 6) is 0.425. The quantitative estimate of drug-likeness (QED) is 0.582. The zero-order valence-electron chi connectivity index (χ0n) is 11.2. The van der Waals surface area contributed by atoms with E-state index in [2.05, 4.69) is 12.2 Å². The molecule has 0 unspecified atom stereocenters. The van der Waals surface area contributed by atoms with Gasteiger partial charge >= 0.3 is 0 Å². The monoisotopic (exact) mass is 321 g/mol. The van der Waals surface area contributed by atoms with E-state index in [9.17, 15) is 9.59 Å². The Morgan fingerprint density at radius 1 is 1.14 bits per heavy atom. The Morgan fingerprint density at radius 3 is 2.57 bits per heavy atom. The molecule has 2 bridgehead atoms. The molecule has 0 radical (unpaired) electrons. The third-order valence-corrected chi connectivity index (χ3v) is 5.75. The van der Waals surface area contributed by atoms with E-state index in [-0.39, 0.29) is 17.7 Å². The lowest BCUT2D eigenvalue weighted by Gasteiger charge is -2.28. The van der Waals surface area contributed by atoms with Crippen LogP contribution in [0.1, 0.15) is 19.3 Å². The predicted octanol–water partition coefficient (Wildman–Crippen LogP) is 3.84. The second-order valence-corrected chi connectivity index (χ2v) is 6.97. The fourth-order valence-electron chi connectivity index (χ4n) is 4.05. The minimum Gasteiger partial charge on any atom is -0.274 e. The Kier molecular flexibility index (Phi) is 2.76. The lowest BCUT2D eigenvalue weighted by Crippen LogP contribution is -2.38. The standard InChI is InChI=1S/C16H13Cl2NO2/c17-12-4-3-11(6-13(12)18)19-14(20)8-16(15(19)21)7-9-1-2-10(16)5-9/h1-4,6,9-10H,5,7-8H2/t9-,10+,16-/m1/s1. The number of imide groups is 1. The van der Waals surface area contributed by atoms with E-state index in [0.29, 0.717) is 28.1 Å². The van der Waals surface area contributed by atoms with Crippen molar-refractivity contribution < 1.29 is 9.59 Å². The van der Waals surface area contributed by atoms with E-state index in [4.69, 9.17) is 23.2 Å².